The molecule has 3 rings (SSSR count). The van der Waals surface area contributed by atoms with Crippen molar-refractivity contribution in [1.29, 1.82) is 0 Å². The van der Waals surface area contributed by atoms with E-state index in [1.54, 1.807) is 24.3 Å². The molecule has 0 aliphatic carbocycles. The summed E-state index contributed by atoms with van der Waals surface area (Å²) in [6, 6.07) is 18.1. The lowest BCUT2D eigenvalue weighted by Gasteiger charge is -2.15. The highest BCUT2D eigenvalue weighted by atomic mass is 79.9. The molecule has 0 aliphatic rings. The second-order valence-electron chi connectivity index (χ2n) is 5.94. The van der Waals surface area contributed by atoms with Gasteiger partial charge in [0.1, 0.15) is 18.2 Å². The van der Waals surface area contributed by atoms with Crippen molar-refractivity contribution in [3.63, 3.8) is 0 Å². The molecule has 0 fully saturated rings. The maximum atomic E-state index is 13.8. The summed E-state index contributed by atoms with van der Waals surface area (Å²) in [5.41, 5.74) is 3.60. The molecule has 0 spiro atoms. The molecule has 0 amide bonds. The highest BCUT2D eigenvalue weighted by molar-refractivity contribution is 9.10. The normalized spacial score (nSPS) is 10.6. The smallest absolute Gasteiger partial charge is 0.129 e. The summed E-state index contributed by atoms with van der Waals surface area (Å²) in [6.07, 6.45) is 0. The van der Waals surface area contributed by atoms with E-state index in [1.807, 2.05) is 31.2 Å². The number of rotatable bonds is 6. The van der Waals surface area contributed by atoms with Crippen molar-refractivity contribution < 1.29 is 9.13 Å². The predicted octanol–water partition coefficient (Wildman–Crippen LogP) is 6.74. The van der Waals surface area contributed by atoms with Gasteiger partial charge in [-0.2, -0.15) is 0 Å². The van der Waals surface area contributed by atoms with E-state index in [1.165, 1.54) is 6.07 Å². The van der Waals surface area contributed by atoms with Crippen LogP contribution >= 0.6 is 27.5 Å². The summed E-state index contributed by atoms with van der Waals surface area (Å²) in [5.74, 6) is 0.409. The van der Waals surface area contributed by atoms with Crippen LogP contribution in [0.2, 0.25) is 5.02 Å². The average molecular weight is 435 g/mol. The number of hydrogen-bond donors (Lipinski definition) is 1. The van der Waals surface area contributed by atoms with Crippen molar-refractivity contribution in [3.05, 3.63) is 92.7 Å². The fourth-order valence-corrected chi connectivity index (χ4v) is 3.28. The van der Waals surface area contributed by atoms with Crippen molar-refractivity contribution >= 4 is 33.2 Å². The number of halogens is 3. The topological polar surface area (TPSA) is 21.3 Å². The molecule has 1 N–H and O–H groups in total. The second kappa shape index (κ2) is 8.56. The number of nitrogens with one attached hydrogen (secondary N) is 1. The first kappa shape index (κ1) is 18.7. The molecule has 0 heterocycles. The molecule has 0 saturated carbocycles. The van der Waals surface area contributed by atoms with Crippen LogP contribution in [0.4, 0.5) is 10.1 Å². The minimum atomic E-state index is -0.272. The first-order chi connectivity index (χ1) is 12.5. The summed E-state index contributed by atoms with van der Waals surface area (Å²) in [6.45, 7) is 2.76. The lowest BCUT2D eigenvalue weighted by atomic mass is 10.1. The number of benzene rings is 3. The first-order valence-electron chi connectivity index (χ1n) is 8.17. The fourth-order valence-electron chi connectivity index (χ4n) is 2.61. The molecule has 3 aromatic rings. The zero-order chi connectivity index (χ0) is 18.5. The van der Waals surface area contributed by atoms with Crippen molar-refractivity contribution in [2.24, 2.45) is 0 Å². The van der Waals surface area contributed by atoms with Gasteiger partial charge in [0.25, 0.3) is 0 Å². The van der Waals surface area contributed by atoms with Gasteiger partial charge in [-0.15, -0.1) is 0 Å². The van der Waals surface area contributed by atoms with Crippen LogP contribution in [0.15, 0.2) is 65.1 Å². The summed E-state index contributed by atoms with van der Waals surface area (Å²) < 4.78 is 20.7. The lowest BCUT2D eigenvalue weighted by molar-refractivity contribution is 0.297. The minimum Gasteiger partial charge on any atom is -0.488 e. The SMILES string of the molecule is Cc1cc(Br)ccc1NCc1cc(Cl)ccc1OCc1ccccc1F. The van der Waals surface area contributed by atoms with Gasteiger partial charge in [0.05, 0.1) is 0 Å². The summed E-state index contributed by atoms with van der Waals surface area (Å²) in [7, 11) is 0. The predicted molar refractivity (Wildman–Crippen MR) is 108 cm³/mol. The number of anilines is 1. The van der Waals surface area contributed by atoms with E-state index < -0.39 is 0 Å². The monoisotopic (exact) mass is 433 g/mol. The van der Waals surface area contributed by atoms with Crippen LogP contribution < -0.4 is 10.1 Å². The molecule has 26 heavy (non-hydrogen) atoms. The van der Waals surface area contributed by atoms with Gasteiger partial charge in [-0.3, -0.25) is 0 Å². The van der Waals surface area contributed by atoms with E-state index in [-0.39, 0.29) is 12.4 Å². The summed E-state index contributed by atoms with van der Waals surface area (Å²) in [5, 5.41) is 4.03. The third-order valence-electron chi connectivity index (χ3n) is 4.02. The molecule has 0 aromatic heterocycles. The Morgan fingerprint density at radius 2 is 1.85 bits per heavy atom. The van der Waals surface area contributed by atoms with Crippen molar-refractivity contribution in [3.8, 4) is 5.75 Å². The van der Waals surface area contributed by atoms with Crippen LogP contribution in [0.5, 0.6) is 5.75 Å². The Morgan fingerprint density at radius 3 is 2.62 bits per heavy atom. The van der Waals surface area contributed by atoms with Gasteiger partial charge in [0.2, 0.25) is 0 Å². The standard InChI is InChI=1S/C21H18BrClFNO/c1-14-10-17(22)6-8-20(14)25-12-16-11-18(23)7-9-21(16)26-13-15-4-2-3-5-19(15)24/h2-11,25H,12-13H2,1H3. The molecule has 0 aliphatic heterocycles. The Hall–Kier alpha value is -2.04. The molecule has 0 saturated heterocycles. The molecule has 3 aromatic carbocycles. The van der Waals surface area contributed by atoms with Crippen molar-refractivity contribution in [2.45, 2.75) is 20.1 Å². The molecule has 0 atom stereocenters. The zero-order valence-corrected chi connectivity index (χ0v) is 16.6. The van der Waals surface area contributed by atoms with E-state index in [9.17, 15) is 4.39 Å². The van der Waals surface area contributed by atoms with Crippen LogP contribution in [0.1, 0.15) is 16.7 Å². The quantitative estimate of drug-likeness (QED) is 0.464. The third-order valence-corrected chi connectivity index (χ3v) is 4.75. The fraction of sp³-hybridized carbons (Fsp3) is 0.143. The van der Waals surface area contributed by atoms with Crippen LogP contribution in [0.25, 0.3) is 0 Å². The van der Waals surface area contributed by atoms with Crippen LogP contribution in [-0.4, -0.2) is 0 Å². The highest BCUT2D eigenvalue weighted by Crippen LogP contribution is 2.26. The van der Waals surface area contributed by atoms with Crippen molar-refractivity contribution in [2.75, 3.05) is 5.32 Å². The molecular formula is C21H18BrClFNO. The van der Waals surface area contributed by atoms with Gasteiger partial charge in [0, 0.05) is 32.9 Å². The molecule has 0 unspecified atom stereocenters. The lowest BCUT2D eigenvalue weighted by Crippen LogP contribution is -2.05. The van der Waals surface area contributed by atoms with Gasteiger partial charge < -0.3 is 10.1 Å². The second-order valence-corrected chi connectivity index (χ2v) is 7.30. The third kappa shape index (κ3) is 4.77. The maximum absolute atomic E-state index is 13.8. The Morgan fingerprint density at radius 1 is 1.04 bits per heavy atom. The van der Waals surface area contributed by atoms with E-state index in [0.29, 0.717) is 22.9 Å². The largest absolute Gasteiger partial charge is 0.488 e. The Balaban J connectivity index is 1.74. The minimum absolute atomic E-state index is 0.165. The number of aryl methyl sites for hydroxylation is 1. The Labute approximate surface area is 166 Å². The summed E-state index contributed by atoms with van der Waals surface area (Å²) in [4.78, 5) is 0. The maximum Gasteiger partial charge on any atom is 0.129 e. The van der Waals surface area contributed by atoms with E-state index in [0.717, 1.165) is 21.3 Å². The van der Waals surface area contributed by atoms with Gasteiger partial charge in [-0.1, -0.05) is 45.7 Å². The summed E-state index contributed by atoms with van der Waals surface area (Å²) >= 11 is 9.61. The molecule has 2 nitrogen and oxygen atoms in total. The van der Waals surface area contributed by atoms with Gasteiger partial charge in [-0.25, -0.2) is 4.39 Å². The molecule has 0 radical (unpaired) electrons. The average Bonchev–Trinajstić information content (AvgIpc) is 2.61. The van der Waals surface area contributed by atoms with E-state index >= 15 is 0 Å². The highest BCUT2D eigenvalue weighted by Gasteiger charge is 2.08. The van der Waals surface area contributed by atoms with Crippen LogP contribution in [-0.2, 0) is 13.2 Å². The Kier molecular flexibility index (Phi) is 6.17. The zero-order valence-electron chi connectivity index (χ0n) is 14.2. The first-order valence-corrected chi connectivity index (χ1v) is 9.34. The van der Waals surface area contributed by atoms with E-state index in [2.05, 4.69) is 27.3 Å². The van der Waals surface area contributed by atoms with Gasteiger partial charge in [0.15, 0.2) is 0 Å². The van der Waals surface area contributed by atoms with Gasteiger partial charge in [-0.05, 0) is 55.0 Å². The molecule has 134 valence electrons. The van der Waals surface area contributed by atoms with Gasteiger partial charge >= 0.3 is 0 Å². The molecule has 0 bridgehead atoms. The van der Waals surface area contributed by atoms with Crippen molar-refractivity contribution in [1.82, 2.24) is 0 Å². The Bertz CT molecular complexity index is 916. The molecular weight excluding hydrogens is 417 g/mol. The van der Waals surface area contributed by atoms with Crippen LogP contribution in [0, 0.1) is 12.7 Å². The van der Waals surface area contributed by atoms with Crippen LogP contribution in [0.3, 0.4) is 0 Å². The number of ether oxygens (including phenoxy) is 1. The van der Waals surface area contributed by atoms with E-state index in [4.69, 9.17) is 16.3 Å². The number of hydrogen-bond acceptors (Lipinski definition) is 2. The molecule has 5 heteroatoms.